The molecule has 4 rings (SSSR count). The highest BCUT2D eigenvalue weighted by Gasteiger charge is 2.42. The molecule has 4 aliphatic rings. The van der Waals surface area contributed by atoms with E-state index in [9.17, 15) is 0 Å². The Morgan fingerprint density at radius 1 is 0.786 bits per heavy atom. The van der Waals surface area contributed by atoms with Gasteiger partial charge >= 0.3 is 0 Å². The van der Waals surface area contributed by atoms with Crippen molar-refractivity contribution in [1.29, 1.82) is 0 Å². The smallest absolute Gasteiger partial charge is 0.0207 e. The second kappa shape index (κ2) is 15.6. The van der Waals surface area contributed by atoms with E-state index in [1.807, 2.05) is 13.8 Å². The van der Waals surface area contributed by atoms with Crippen LogP contribution in [-0.2, 0) is 0 Å². The Bertz CT molecular complexity index is 323. The van der Waals surface area contributed by atoms with E-state index < -0.39 is 0 Å². The Kier molecular flexibility index (Phi) is 14.5. The molecule has 0 atom stereocenters. The first-order valence-electron chi connectivity index (χ1n) is 12.6. The van der Waals surface area contributed by atoms with E-state index >= 15 is 0 Å². The van der Waals surface area contributed by atoms with Crippen LogP contribution in [0.1, 0.15) is 86.0 Å². The van der Waals surface area contributed by atoms with Gasteiger partial charge in [-0.15, -0.1) is 0 Å². The van der Waals surface area contributed by atoms with Gasteiger partial charge in [0.2, 0.25) is 0 Å². The molecule has 4 nitrogen and oxygen atoms in total. The van der Waals surface area contributed by atoms with Crippen LogP contribution < -0.4 is 10.6 Å². The predicted molar refractivity (Wildman–Crippen MR) is 125 cm³/mol. The first kappa shape index (κ1) is 25.9. The number of fused-ring (bicyclic) bond motifs is 1. The van der Waals surface area contributed by atoms with Gasteiger partial charge < -0.3 is 15.5 Å². The second-order valence-electron chi connectivity index (χ2n) is 8.72. The van der Waals surface area contributed by atoms with Gasteiger partial charge in [-0.05, 0) is 77.0 Å². The van der Waals surface area contributed by atoms with Gasteiger partial charge in [-0.3, -0.25) is 4.90 Å². The van der Waals surface area contributed by atoms with E-state index in [0.29, 0.717) is 5.54 Å². The summed E-state index contributed by atoms with van der Waals surface area (Å²) in [5.74, 6) is 0.958. The second-order valence-corrected chi connectivity index (χ2v) is 8.72. The number of piperazine rings is 1. The van der Waals surface area contributed by atoms with Gasteiger partial charge in [0.1, 0.15) is 0 Å². The van der Waals surface area contributed by atoms with E-state index in [4.69, 9.17) is 0 Å². The molecule has 0 aromatic rings. The molecule has 0 amide bonds. The van der Waals surface area contributed by atoms with Crippen LogP contribution in [-0.4, -0.2) is 74.2 Å². The van der Waals surface area contributed by atoms with Crippen LogP contribution in [0.2, 0.25) is 0 Å². The molecule has 0 aliphatic carbocycles. The quantitative estimate of drug-likeness (QED) is 0.742. The highest BCUT2D eigenvalue weighted by atomic mass is 15.2. The summed E-state index contributed by atoms with van der Waals surface area (Å²) in [5.41, 5.74) is 0.681. The third-order valence-corrected chi connectivity index (χ3v) is 6.65. The van der Waals surface area contributed by atoms with Crippen LogP contribution in [0, 0.1) is 5.92 Å². The third kappa shape index (κ3) is 8.69. The summed E-state index contributed by atoms with van der Waals surface area (Å²) in [7, 11) is 0. The Hall–Kier alpha value is -0.160. The third-order valence-electron chi connectivity index (χ3n) is 6.65. The summed E-state index contributed by atoms with van der Waals surface area (Å²) in [6, 6.07) is 0. The molecule has 4 heterocycles. The van der Waals surface area contributed by atoms with Crippen molar-refractivity contribution >= 4 is 0 Å². The van der Waals surface area contributed by atoms with Crippen molar-refractivity contribution in [3.8, 4) is 0 Å². The van der Waals surface area contributed by atoms with Crippen LogP contribution in [0.3, 0.4) is 0 Å². The predicted octanol–water partition coefficient (Wildman–Crippen LogP) is 4.36. The van der Waals surface area contributed by atoms with E-state index in [1.54, 1.807) is 0 Å². The number of nitrogens with one attached hydrogen (secondary N) is 2. The lowest BCUT2D eigenvalue weighted by Gasteiger charge is -2.32. The molecule has 4 saturated heterocycles. The summed E-state index contributed by atoms with van der Waals surface area (Å²) in [4.78, 5) is 5.33. The molecule has 2 N–H and O–H groups in total. The summed E-state index contributed by atoms with van der Waals surface area (Å²) >= 11 is 0. The monoisotopic (exact) mass is 396 g/mol. The van der Waals surface area contributed by atoms with E-state index in [0.717, 1.165) is 5.92 Å². The molecule has 0 aromatic carbocycles. The van der Waals surface area contributed by atoms with Crippen molar-refractivity contribution in [2.45, 2.75) is 91.5 Å². The number of hydrogen-bond acceptors (Lipinski definition) is 4. The lowest BCUT2D eigenvalue weighted by molar-refractivity contribution is 0.186. The molecule has 4 aliphatic heterocycles. The average molecular weight is 397 g/mol. The van der Waals surface area contributed by atoms with Gasteiger partial charge in [0, 0.05) is 38.3 Å². The van der Waals surface area contributed by atoms with E-state index in [2.05, 4.69) is 41.2 Å². The minimum absolute atomic E-state index is 0.681. The van der Waals surface area contributed by atoms with Crippen LogP contribution in [0.4, 0.5) is 0 Å². The van der Waals surface area contributed by atoms with E-state index in [1.165, 1.54) is 110 Å². The van der Waals surface area contributed by atoms with Crippen LogP contribution >= 0.6 is 0 Å². The van der Waals surface area contributed by atoms with Crippen molar-refractivity contribution in [1.82, 2.24) is 20.4 Å². The Morgan fingerprint density at radius 3 is 1.75 bits per heavy atom. The molecule has 0 aromatic heterocycles. The molecule has 0 bridgehead atoms. The minimum atomic E-state index is 0.681. The molecular formula is C24H52N4. The molecule has 0 spiro atoms. The number of piperidine rings is 1. The van der Waals surface area contributed by atoms with Crippen molar-refractivity contribution in [2.24, 2.45) is 5.92 Å². The number of hydrogen-bond donors (Lipinski definition) is 2. The summed E-state index contributed by atoms with van der Waals surface area (Å²) < 4.78 is 0. The molecule has 28 heavy (non-hydrogen) atoms. The van der Waals surface area contributed by atoms with Crippen LogP contribution in [0.5, 0.6) is 0 Å². The maximum Gasteiger partial charge on any atom is 0.0207 e. The van der Waals surface area contributed by atoms with Crippen LogP contribution in [0.15, 0.2) is 0 Å². The highest BCUT2D eigenvalue weighted by molar-refractivity contribution is 4.98. The molecule has 4 heteroatoms. The number of rotatable bonds is 3. The number of nitrogens with zero attached hydrogens (tertiary/aromatic N) is 2. The zero-order valence-corrected chi connectivity index (χ0v) is 20.0. The van der Waals surface area contributed by atoms with Gasteiger partial charge in [0.05, 0.1) is 0 Å². The Balaban J connectivity index is 0.000000233. The lowest BCUT2D eigenvalue weighted by atomic mass is 9.91. The zero-order valence-electron chi connectivity index (χ0n) is 20.0. The lowest BCUT2D eigenvalue weighted by Crippen LogP contribution is -2.46. The van der Waals surface area contributed by atoms with Crippen molar-refractivity contribution < 1.29 is 0 Å². The molecule has 0 saturated carbocycles. The molecular weight excluding hydrogens is 344 g/mol. The largest absolute Gasteiger partial charge is 0.317 e. The van der Waals surface area contributed by atoms with Gasteiger partial charge in [0.25, 0.3) is 0 Å². The van der Waals surface area contributed by atoms with Gasteiger partial charge in [-0.25, -0.2) is 0 Å². The maximum atomic E-state index is 3.42. The molecule has 4 fully saturated rings. The van der Waals surface area contributed by atoms with Gasteiger partial charge in [0.15, 0.2) is 0 Å². The van der Waals surface area contributed by atoms with Crippen LogP contribution in [0.25, 0.3) is 0 Å². The summed E-state index contributed by atoms with van der Waals surface area (Å²) in [6.45, 7) is 22.0. The van der Waals surface area contributed by atoms with E-state index in [-0.39, 0.29) is 0 Å². The first-order chi connectivity index (χ1) is 13.7. The maximum absolute atomic E-state index is 3.42. The van der Waals surface area contributed by atoms with Gasteiger partial charge in [-0.1, -0.05) is 41.0 Å². The normalized spacial score (nSPS) is 24.8. The van der Waals surface area contributed by atoms with Gasteiger partial charge in [-0.2, -0.15) is 0 Å². The standard InChI is InChI=1S/C10H21N3.C9H17N.C3H8.C2H6/c1-3-11-4-2-10(1)9-13-7-5-12-6-8-13;1-2-9-5-3-7-10(9)8-4-6-9;1-3-2;1-2/h10-12H,1-9H2;2-8H2,1H3;3H2,1-2H3;1-2H3. The van der Waals surface area contributed by atoms with Crippen molar-refractivity contribution in [3.63, 3.8) is 0 Å². The Morgan fingerprint density at radius 2 is 1.29 bits per heavy atom. The highest BCUT2D eigenvalue weighted by Crippen LogP contribution is 2.40. The van der Waals surface area contributed by atoms with Crippen molar-refractivity contribution in [2.75, 3.05) is 58.9 Å². The fourth-order valence-corrected chi connectivity index (χ4v) is 5.13. The molecule has 0 unspecified atom stereocenters. The van der Waals surface area contributed by atoms with Crippen molar-refractivity contribution in [3.05, 3.63) is 0 Å². The fraction of sp³-hybridized carbons (Fsp3) is 1.00. The topological polar surface area (TPSA) is 30.5 Å². The molecule has 168 valence electrons. The fourth-order valence-electron chi connectivity index (χ4n) is 5.13. The first-order valence-corrected chi connectivity index (χ1v) is 12.6. The summed E-state index contributed by atoms with van der Waals surface area (Å²) in [6.07, 6.45) is 11.2. The zero-order chi connectivity index (χ0) is 20.7. The Labute approximate surface area is 177 Å². The minimum Gasteiger partial charge on any atom is -0.317 e. The summed E-state index contributed by atoms with van der Waals surface area (Å²) in [5, 5.41) is 6.82. The SMILES string of the molecule is C1CC(CN2CCNCC2)CCN1.CC.CCC.CCC12CCCN1CCC2. The molecule has 0 radical (unpaired) electrons. The average Bonchev–Trinajstić information content (AvgIpc) is 3.33.